The smallest absolute Gasteiger partial charge is 0.329 e. The Balaban J connectivity index is 1.53. The van der Waals surface area contributed by atoms with E-state index in [9.17, 15) is 18.0 Å². The maximum absolute atomic E-state index is 12.5. The van der Waals surface area contributed by atoms with Crippen molar-refractivity contribution in [1.82, 2.24) is 20.2 Å². The second kappa shape index (κ2) is 7.04. The lowest BCUT2D eigenvalue weighted by Crippen LogP contribution is -2.30. The first-order valence-corrected chi connectivity index (χ1v) is 9.91. The summed E-state index contributed by atoms with van der Waals surface area (Å²) in [6, 6.07) is 8.63. The van der Waals surface area contributed by atoms with Gasteiger partial charge >= 0.3 is 6.03 Å². The van der Waals surface area contributed by atoms with E-state index in [-0.39, 0.29) is 17.1 Å². The largest absolute Gasteiger partial charge is 0.457 e. The zero-order chi connectivity index (χ0) is 20.6. The summed E-state index contributed by atoms with van der Waals surface area (Å²) in [5.41, 5.74) is 1.34. The third kappa shape index (κ3) is 3.81. The van der Waals surface area contributed by atoms with Gasteiger partial charge in [0, 0.05) is 17.8 Å². The number of hydrogen-bond donors (Lipinski definition) is 3. The molecule has 0 atom stereocenters. The molecule has 3 amide bonds. The molecule has 0 unspecified atom stereocenters. The molecular weight excluding hydrogens is 398 g/mol. The molecule has 1 aliphatic rings. The molecule has 3 aromatic rings. The fraction of sp³-hybridized carbons (Fsp3) is 0.0556. The number of H-pyrrole nitrogens is 1. The predicted molar refractivity (Wildman–Crippen MR) is 101 cm³/mol. The van der Waals surface area contributed by atoms with Crippen molar-refractivity contribution in [2.45, 2.75) is 11.4 Å². The number of aromatic amines is 1. The SMILES string of the molecule is NS(=O)(=O)c1ccc(-c2ccc(C=C3NC(=O)N(Cc4cnc[nH]4)C3=O)o2)cc1. The molecule has 10 nitrogen and oxygen atoms in total. The van der Waals surface area contributed by atoms with Gasteiger partial charge < -0.3 is 14.7 Å². The summed E-state index contributed by atoms with van der Waals surface area (Å²) in [6.07, 6.45) is 4.42. The third-order valence-electron chi connectivity index (χ3n) is 4.23. The van der Waals surface area contributed by atoms with Crippen molar-refractivity contribution in [3.8, 4) is 11.3 Å². The molecule has 29 heavy (non-hydrogen) atoms. The number of hydrogen-bond acceptors (Lipinski definition) is 6. The predicted octanol–water partition coefficient (Wildman–Crippen LogP) is 1.41. The first-order valence-electron chi connectivity index (χ1n) is 8.36. The maximum atomic E-state index is 12.5. The average Bonchev–Trinajstić information content (AvgIpc) is 3.40. The van der Waals surface area contributed by atoms with Crippen LogP contribution in [0.3, 0.4) is 0 Å². The van der Waals surface area contributed by atoms with Gasteiger partial charge in [0.05, 0.1) is 23.5 Å². The number of benzene rings is 1. The number of amides is 3. The summed E-state index contributed by atoms with van der Waals surface area (Å²) in [5, 5.41) is 7.60. The quantitative estimate of drug-likeness (QED) is 0.425. The van der Waals surface area contributed by atoms with E-state index in [2.05, 4.69) is 15.3 Å². The lowest BCUT2D eigenvalue weighted by atomic mass is 10.2. The van der Waals surface area contributed by atoms with Crippen LogP contribution in [0.1, 0.15) is 11.5 Å². The van der Waals surface area contributed by atoms with Crippen LogP contribution in [0.2, 0.25) is 0 Å². The highest BCUT2D eigenvalue weighted by Crippen LogP contribution is 2.25. The molecule has 3 heterocycles. The molecule has 2 aromatic heterocycles. The van der Waals surface area contributed by atoms with Crippen LogP contribution in [0.25, 0.3) is 17.4 Å². The second-order valence-electron chi connectivity index (χ2n) is 6.23. The highest BCUT2D eigenvalue weighted by atomic mass is 32.2. The molecule has 0 bridgehead atoms. The van der Waals surface area contributed by atoms with E-state index in [1.54, 1.807) is 24.3 Å². The van der Waals surface area contributed by atoms with Crippen LogP contribution < -0.4 is 10.5 Å². The number of aromatic nitrogens is 2. The number of nitrogens with zero attached hydrogens (tertiary/aromatic N) is 2. The molecule has 0 saturated carbocycles. The molecule has 1 aliphatic heterocycles. The van der Waals surface area contributed by atoms with Gasteiger partial charge in [0.15, 0.2) is 0 Å². The molecule has 0 spiro atoms. The minimum Gasteiger partial charge on any atom is -0.457 e. The Bertz CT molecular complexity index is 1210. The van der Waals surface area contributed by atoms with Gasteiger partial charge in [-0.25, -0.2) is 23.3 Å². The Hall–Kier alpha value is -3.70. The van der Waals surface area contributed by atoms with Crippen LogP contribution in [-0.4, -0.2) is 35.2 Å². The normalized spacial score (nSPS) is 15.9. The van der Waals surface area contributed by atoms with Gasteiger partial charge in [-0.05, 0) is 36.4 Å². The Morgan fingerprint density at radius 1 is 1.14 bits per heavy atom. The molecule has 1 fully saturated rings. The zero-order valence-electron chi connectivity index (χ0n) is 14.8. The lowest BCUT2D eigenvalue weighted by molar-refractivity contribution is -0.123. The number of sulfonamides is 1. The Labute approximate surface area is 165 Å². The molecule has 0 aliphatic carbocycles. The van der Waals surface area contributed by atoms with Crippen LogP contribution >= 0.6 is 0 Å². The minimum absolute atomic E-state index is 0.00762. The number of primary sulfonamides is 1. The number of nitrogens with two attached hydrogens (primary N) is 1. The van der Waals surface area contributed by atoms with Gasteiger partial charge in [0.25, 0.3) is 5.91 Å². The summed E-state index contributed by atoms with van der Waals surface area (Å²) >= 11 is 0. The standard InChI is InChI=1S/C18H15N5O5S/c19-29(26,27)14-4-1-11(2-5-14)16-6-3-13(28-16)7-15-17(24)23(18(25)22-15)9-12-8-20-10-21-12/h1-8,10H,9H2,(H,20,21)(H,22,25)(H2,19,26,27). The summed E-state index contributed by atoms with van der Waals surface area (Å²) in [6.45, 7) is 0.0712. The number of imidazole rings is 1. The number of furan rings is 1. The van der Waals surface area contributed by atoms with Crippen LogP contribution in [0.5, 0.6) is 0 Å². The average molecular weight is 413 g/mol. The monoisotopic (exact) mass is 413 g/mol. The van der Waals surface area contributed by atoms with Gasteiger partial charge in [0.1, 0.15) is 17.2 Å². The molecule has 1 aromatic carbocycles. The van der Waals surface area contributed by atoms with Crippen molar-refractivity contribution in [3.63, 3.8) is 0 Å². The molecular formula is C18H15N5O5S. The lowest BCUT2D eigenvalue weighted by Gasteiger charge is -2.09. The summed E-state index contributed by atoms with van der Waals surface area (Å²) in [4.78, 5) is 32.3. The summed E-state index contributed by atoms with van der Waals surface area (Å²) in [5.74, 6) is 0.325. The van der Waals surface area contributed by atoms with Gasteiger partial charge in [-0.3, -0.25) is 9.69 Å². The van der Waals surface area contributed by atoms with Crippen molar-refractivity contribution in [3.05, 3.63) is 66.1 Å². The number of imide groups is 1. The van der Waals surface area contributed by atoms with Gasteiger partial charge in [-0.2, -0.15) is 0 Å². The van der Waals surface area contributed by atoms with Crippen molar-refractivity contribution in [1.29, 1.82) is 0 Å². The van der Waals surface area contributed by atoms with Crippen LogP contribution in [0, 0.1) is 0 Å². The number of rotatable bonds is 5. The molecule has 4 rings (SSSR count). The number of urea groups is 1. The molecule has 11 heteroatoms. The topological polar surface area (TPSA) is 151 Å². The Kier molecular flexibility index (Phi) is 4.53. The van der Waals surface area contributed by atoms with E-state index in [0.717, 1.165) is 4.90 Å². The summed E-state index contributed by atoms with van der Waals surface area (Å²) < 4.78 is 28.4. The highest BCUT2D eigenvalue weighted by molar-refractivity contribution is 7.89. The molecule has 4 N–H and O–H groups in total. The molecule has 1 saturated heterocycles. The number of carbonyl (C=O) groups excluding carboxylic acids is 2. The van der Waals surface area contributed by atoms with Gasteiger partial charge in [-0.1, -0.05) is 0 Å². The highest BCUT2D eigenvalue weighted by Gasteiger charge is 2.34. The van der Waals surface area contributed by atoms with Crippen molar-refractivity contribution >= 4 is 28.0 Å². The van der Waals surface area contributed by atoms with Gasteiger partial charge in [-0.15, -0.1) is 0 Å². The second-order valence-corrected chi connectivity index (χ2v) is 7.79. The van der Waals surface area contributed by atoms with Crippen LogP contribution in [0.4, 0.5) is 4.79 Å². The number of nitrogens with one attached hydrogen (secondary N) is 2. The van der Waals surface area contributed by atoms with Crippen molar-refractivity contribution in [2.24, 2.45) is 5.14 Å². The minimum atomic E-state index is -3.78. The van der Waals surface area contributed by atoms with E-state index in [4.69, 9.17) is 9.56 Å². The zero-order valence-corrected chi connectivity index (χ0v) is 15.6. The number of carbonyl (C=O) groups is 2. The fourth-order valence-corrected chi connectivity index (χ4v) is 3.31. The fourth-order valence-electron chi connectivity index (χ4n) is 2.79. The van der Waals surface area contributed by atoms with Crippen LogP contribution in [-0.2, 0) is 21.4 Å². The molecule has 0 radical (unpaired) electrons. The first-order chi connectivity index (χ1) is 13.8. The maximum Gasteiger partial charge on any atom is 0.329 e. The first kappa shape index (κ1) is 18.7. The van der Waals surface area contributed by atoms with E-state index >= 15 is 0 Å². The van der Waals surface area contributed by atoms with E-state index in [0.29, 0.717) is 22.8 Å². The van der Waals surface area contributed by atoms with E-state index in [1.807, 2.05) is 0 Å². The van der Waals surface area contributed by atoms with Gasteiger partial charge in [0.2, 0.25) is 10.0 Å². The molecule has 148 valence electrons. The Morgan fingerprint density at radius 2 is 1.90 bits per heavy atom. The van der Waals surface area contributed by atoms with E-state index < -0.39 is 22.0 Å². The van der Waals surface area contributed by atoms with E-state index in [1.165, 1.54) is 30.7 Å². The Morgan fingerprint density at radius 3 is 2.55 bits per heavy atom. The summed E-state index contributed by atoms with van der Waals surface area (Å²) in [7, 11) is -3.78. The van der Waals surface area contributed by atoms with Crippen molar-refractivity contribution < 1.29 is 22.4 Å². The van der Waals surface area contributed by atoms with Crippen LogP contribution in [0.15, 0.2) is 63.9 Å². The third-order valence-corrected chi connectivity index (χ3v) is 5.16. The van der Waals surface area contributed by atoms with Crippen molar-refractivity contribution in [2.75, 3.05) is 0 Å².